The van der Waals surface area contributed by atoms with Crippen molar-refractivity contribution < 1.29 is 4.42 Å². The summed E-state index contributed by atoms with van der Waals surface area (Å²) < 4.78 is 11.6. The molecule has 0 atom stereocenters. The molecule has 0 saturated carbocycles. The molecule has 0 radical (unpaired) electrons. The molecule has 0 bridgehead atoms. The third-order valence-electron chi connectivity index (χ3n) is 11.7. The van der Waals surface area contributed by atoms with Crippen molar-refractivity contribution in [3.63, 3.8) is 0 Å². The van der Waals surface area contributed by atoms with E-state index < -0.39 is 0 Å². The number of aromatic nitrogens is 2. The SMILES string of the molecule is c1ccc(-c2cccc(-c3ccc(-n4c5ccccc5c5cc(-c6ccc7c(c6)c6ccccc6n7-c6ccccc6)ccc54)c4oc5ccccc5c34)c2)cc1. The van der Waals surface area contributed by atoms with Gasteiger partial charge in [0.25, 0.3) is 0 Å². The summed E-state index contributed by atoms with van der Waals surface area (Å²) in [6.45, 7) is 0. The van der Waals surface area contributed by atoms with Gasteiger partial charge in [0.2, 0.25) is 0 Å². The van der Waals surface area contributed by atoms with Gasteiger partial charge in [-0.1, -0.05) is 140 Å². The Hall–Kier alpha value is -7.62. The number of furan rings is 1. The Morgan fingerprint density at radius 3 is 1.56 bits per heavy atom. The van der Waals surface area contributed by atoms with Crippen LogP contribution in [0, 0.1) is 0 Å². The molecule has 9 aromatic carbocycles. The molecule has 0 unspecified atom stereocenters. The van der Waals surface area contributed by atoms with E-state index in [4.69, 9.17) is 4.42 Å². The Labute approximate surface area is 328 Å². The van der Waals surface area contributed by atoms with Crippen molar-refractivity contribution >= 4 is 65.6 Å². The van der Waals surface area contributed by atoms with Crippen LogP contribution in [0.2, 0.25) is 0 Å². The van der Waals surface area contributed by atoms with Crippen LogP contribution in [0.5, 0.6) is 0 Å². The Morgan fingerprint density at radius 1 is 0.316 bits per heavy atom. The number of nitrogens with zero attached hydrogens (tertiary/aromatic N) is 2. The molecule has 3 heteroatoms. The molecule has 0 spiro atoms. The van der Waals surface area contributed by atoms with Crippen LogP contribution >= 0.6 is 0 Å². The fourth-order valence-electron chi connectivity index (χ4n) is 9.15. The summed E-state index contributed by atoms with van der Waals surface area (Å²) in [5, 5.41) is 7.15. The molecule has 57 heavy (non-hydrogen) atoms. The third kappa shape index (κ3) is 4.86. The number of fused-ring (bicyclic) bond motifs is 9. The van der Waals surface area contributed by atoms with E-state index in [2.05, 4.69) is 215 Å². The van der Waals surface area contributed by atoms with E-state index in [1.807, 2.05) is 0 Å². The molecule has 266 valence electrons. The lowest BCUT2D eigenvalue weighted by Crippen LogP contribution is -1.95. The fourth-order valence-corrected chi connectivity index (χ4v) is 9.15. The van der Waals surface area contributed by atoms with Crippen LogP contribution in [-0.4, -0.2) is 9.13 Å². The Balaban J connectivity index is 1.05. The van der Waals surface area contributed by atoms with Gasteiger partial charge in [-0.25, -0.2) is 0 Å². The minimum absolute atomic E-state index is 0.880. The molecule has 0 aliphatic heterocycles. The number of hydrogen-bond acceptors (Lipinski definition) is 1. The van der Waals surface area contributed by atoms with E-state index in [9.17, 15) is 0 Å². The molecule has 0 saturated heterocycles. The van der Waals surface area contributed by atoms with Crippen molar-refractivity contribution in [3.8, 4) is 44.8 Å². The van der Waals surface area contributed by atoms with Gasteiger partial charge in [-0.3, -0.25) is 0 Å². The number of para-hydroxylation sites is 4. The lowest BCUT2D eigenvalue weighted by molar-refractivity contribution is 0.666. The van der Waals surface area contributed by atoms with Crippen LogP contribution in [-0.2, 0) is 0 Å². The van der Waals surface area contributed by atoms with Gasteiger partial charge in [0.05, 0.1) is 27.8 Å². The van der Waals surface area contributed by atoms with Crippen LogP contribution in [0.1, 0.15) is 0 Å². The summed E-state index contributed by atoms with van der Waals surface area (Å²) in [6.07, 6.45) is 0. The second kappa shape index (κ2) is 12.5. The molecule has 0 aliphatic rings. The van der Waals surface area contributed by atoms with Gasteiger partial charge in [-0.2, -0.15) is 0 Å². The van der Waals surface area contributed by atoms with Gasteiger partial charge in [0.15, 0.2) is 5.58 Å². The smallest absolute Gasteiger partial charge is 0.160 e. The number of benzene rings is 9. The highest BCUT2D eigenvalue weighted by Crippen LogP contribution is 2.44. The number of rotatable bonds is 5. The van der Waals surface area contributed by atoms with Gasteiger partial charge in [-0.05, 0) is 100 Å². The highest BCUT2D eigenvalue weighted by atomic mass is 16.3. The largest absolute Gasteiger partial charge is 0.454 e. The molecule has 12 rings (SSSR count). The van der Waals surface area contributed by atoms with Crippen molar-refractivity contribution in [2.24, 2.45) is 0 Å². The standard InChI is InChI=1S/C54H34N2O/c1-3-14-35(15-4-1)36-16-13-17-39(32-36)41-28-31-51(54-53(41)44-22-9-12-25-52(44)57-54)56-48-24-11-8-21-43(48)46-34-38(27-30-50(46)56)37-26-29-49-45(33-37)42-20-7-10-23-47(42)55(49)40-18-5-2-6-19-40/h1-34H. The van der Waals surface area contributed by atoms with E-state index in [0.29, 0.717) is 0 Å². The Kier molecular flexibility index (Phi) is 6.93. The highest BCUT2D eigenvalue weighted by molar-refractivity contribution is 6.17. The zero-order valence-electron chi connectivity index (χ0n) is 30.9. The van der Waals surface area contributed by atoms with E-state index in [-0.39, 0.29) is 0 Å². The highest BCUT2D eigenvalue weighted by Gasteiger charge is 2.21. The number of hydrogen-bond donors (Lipinski definition) is 0. The van der Waals surface area contributed by atoms with Gasteiger partial charge >= 0.3 is 0 Å². The van der Waals surface area contributed by atoms with Crippen LogP contribution in [0.4, 0.5) is 0 Å². The first-order valence-electron chi connectivity index (χ1n) is 19.5. The second-order valence-corrected chi connectivity index (χ2v) is 14.9. The molecular weight excluding hydrogens is 693 g/mol. The maximum atomic E-state index is 6.86. The van der Waals surface area contributed by atoms with Gasteiger partial charge < -0.3 is 13.6 Å². The van der Waals surface area contributed by atoms with Crippen LogP contribution < -0.4 is 0 Å². The van der Waals surface area contributed by atoms with Gasteiger partial charge in [0.1, 0.15) is 5.58 Å². The maximum Gasteiger partial charge on any atom is 0.160 e. The lowest BCUT2D eigenvalue weighted by atomic mass is 9.95. The van der Waals surface area contributed by atoms with Crippen molar-refractivity contribution in [1.82, 2.24) is 9.13 Å². The van der Waals surface area contributed by atoms with E-state index in [1.165, 1.54) is 54.8 Å². The van der Waals surface area contributed by atoms with Crippen molar-refractivity contribution in [3.05, 3.63) is 206 Å². The molecule has 0 N–H and O–H groups in total. The first kappa shape index (κ1) is 31.7. The van der Waals surface area contributed by atoms with Crippen LogP contribution in [0.15, 0.2) is 211 Å². The molecule has 3 nitrogen and oxygen atoms in total. The zero-order valence-corrected chi connectivity index (χ0v) is 30.9. The normalized spacial score (nSPS) is 11.9. The monoisotopic (exact) mass is 726 g/mol. The lowest BCUT2D eigenvalue weighted by Gasteiger charge is -2.13. The molecule has 12 aromatic rings. The minimum Gasteiger partial charge on any atom is -0.454 e. The fraction of sp³-hybridized carbons (Fsp3) is 0. The quantitative estimate of drug-likeness (QED) is 0.173. The maximum absolute atomic E-state index is 6.86. The summed E-state index contributed by atoms with van der Waals surface area (Å²) in [5.41, 5.74) is 15.7. The topological polar surface area (TPSA) is 23.0 Å². The molecule has 0 amide bonds. The Bertz CT molecular complexity index is 3510. The minimum atomic E-state index is 0.880. The van der Waals surface area contributed by atoms with Gasteiger partial charge in [0, 0.05) is 38.0 Å². The molecular formula is C54H34N2O. The first-order valence-corrected chi connectivity index (χ1v) is 19.5. The van der Waals surface area contributed by atoms with Crippen molar-refractivity contribution in [2.75, 3.05) is 0 Å². The summed E-state index contributed by atoms with van der Waals surface area (Å²) in [6, 6.07) is 74.3. The van der Waals surface area contributed by atoms with E-state index in [1.54, 1.807) is 0 Å². The summed E-state index contributed by atoms with van der Waals surface area (Å²) in [7, 11) is 0. The average Bonchev–Trinajstić information content (AvgIpc) is 3.95. The van der Waals surface area contributed by atoms with Crippen molar-refractivity contribution in [1.29, 1.82) is 0 Å². The predicted octanol–water partition coefficient (Wildman–Crippen LogP) is 14.8. The van der Waals surface area contributed by atoms with Crippen molar-refractivity contribution in [2.45, 2.75) is 0 Å². The van der Waals surface area contributed by atoms with Crippen LogP contribution in [0.25, 0.3) is 110 Å². The van der Waals surface area contributed by atoms with Gasteiger partial charge in [-0.15, -0.1) is 0 Å². The van der Waals surface area contributed by atoms with E-state index in [0.717, 1.165) is 55.5 Å². The molecule has 3 aromatic heterocycles. The molecule has 0 aliphatic carbocycles. The second-order valence-electron chi connectivity index (χ2n) is 14.9. The first-order chi connectivity index (χ1) is 28.3. The van der Waals surface area contributed by atoms with Crippen LogP contribution in [0.3, 0.4) is 0 Å². The summed E-state index contributed by atoms with van der Waals surface area (Å²) in [4.78, 5) is 0. The Morgan fingerprint density at radius 2 is 0.842 bits per heavy atom. The predicted molar refractivity (Wildman–Crippen MR) is 239 cm³/mol. The third-order valence-corrected chi connectivity index (χ3v) is 11.7. The molecule has 0 fully saturated rings. The van der Waals surface area contributed by atoms with E-state index >= 15 is 0 Å². The summed E-state index contributed by atoms with van der Waals surface area (Å²) in [5.74, 6) is 0. The average molecular weight is 727 g/mol. The molecule has 3 heterocycles. The summed E-state index contributed by atoms with van der Waals surface area (Å²) >= 11 is 0. The zero-order chi connectivity index (χ0) is 37.5.